The maximum atomic E-state index is 10.8. The number of aliphatic hydroxyl groups excluding tert-OH is 1. The first-order valence-electron chi connectivity index (χ1n) is 9.24. The van der Waals surface area contributed by atoms with Gasteiger partial charge in [0.2, 0.25) is 0 Å². The van der Waals surface area contributed by atoms with Crippen LogP contribution in [0.4, 0.5) is 0 Å². The molecule has 0 radical (unpaired) electrons. The lowest BCUT2D eigenvalue weighted by Gasteiger charge is -2.30. The molecule has 4 nitrogen and oxygen atoms in total. The van der Waals surface area contributed by atoms with Gasteiger partial charge < -0.3 is 20.7 Å². The highest BCUT2D eigenvalue weighted by Gasteiger charge is 2.28. The van der Waals surface area contributed by atoms with Crippen molar-refractivity contribution in [1.82, 2.24) is 0 Å². The molecule has 4 heteroatoms. The molecule has 2 rings (SSSR count). The van der Waals surface area contributed by atoms with Gasteiger partial charge in [0.1, 0.15) is 11.5 Å². The van der Waals surface area contributed by atoms with Crippen molar-refractivity contribution in [2.24, 2.45) is 5.73 Å². The van der Waals surface area contributed by atoms with Gasteiger partial charge in [-0.15, -0.1) is 0 Å². The summed E-state index contributed by atoms with van der Waals surface area (Å²) in [5.74, 6) is 1.17. The van der Waals surface area contributed by atoms with Gasteiger partial charge in [-0.2, -0.15) is 0 Å². The van der Waals surface area contributed by atoms with Gasteiger partial charge in [0.25, 0.3) is 0 Å². The van der Waals surface area contributed by atoms with Gasteiger partial charge in [0, 0.05) is 12.1 Å². The van der Waals surface area contributed by atoms with Crippen LogP contribution in [0.25, 0.3) is 0 Å². The smallest absolute Gasteiger partial charge is 0.127 e. The summed E-state index contributed by atoms with van der Waals surface area (Å²) in [4.78, 5) is 0. The lowest BCUT2D eigenvalue weighted by atomic mass is 9.79. The Balaban J connectivity index is 2.44. The number of benzene rings is 1. The van der Waals surface area contributed by atoms with Gasteiger partial charge in [-0.1, -0.05) is 26.8 Å². The molecule has 0 saturated heterocycles. The number of nitrogens with two attached hydrogens (primary N) is 1. The molecule has 0 aliphatic heterocycles. The largest absolute Gasteiger partial charge is 0.508 e. The average Bonchev–Trinajstić information content (AvgIpc) is 2.52. The molecule has 1 aliphatic carbocycles. The van der Waals surface area contributed by atoms with Gasteiger partial charge in [-0.3, -0.25) is 0 Å². The molecule has 2 atom stereocenters. The van der Waals surface area contributed by atoms with Crippen molar-refractivity contribution < 1.29 is 14.9 Å². The summed E-state index contributed by atoms with van der Waals surface area (Å²) in [5.41, 5.74) is 8.42. The van der Waals surface area contributed by atoms with Crippen LogP contribution in [0.2, 0.25) is 0 Å². The Labute approximate surface area is 151 Å². The molecular weight excluding hydrogens is 314 g/mol. The van der Waals surface area contributed by atoms with E-state index in [-0.39, 0.29) is 29.7 Å². The first kappa shape index (κ1) is 19.8. The lowest BCUT2D eigenvalue weighted by Crippen LogP contribution is -2.25. The monoisotopic (exact) mass is 347 g/mol. The summed E-state index contributed by atoms with van der Waals surface area (Å²) >= 11 is 0. The third-order valence-electron chi connectivity index (χ3n) is 4.81. The lowest BCUT2D eigenvalue weighted by molar-refractivity contribution is 0.208. The van der Waals surface area contributed by atoms with E-state index in [0.717, 1.165) is 35.3 Å². The first-order valence-corrected chi connectivity index (χ1v) is 9.24. The molecule has 0 amide bonds. The number of aliphatic hydroxyl groups is 1. The van der Waals surface area contributed by atoms with E-state index in [1.165, 1.54) is 0 Å². The van der Waals surface area contributed by atoms with Crippen LogP contribution in [0.3, 0.4) is 0 Å². The standard InChI is InChI=1S/C21H33NO3/c1-13(2)25-19-11-16(21(3,4)5)10-17(23)20(19)15-8-6-7-14(9-15)18(24)12-22/h7,10-11,13,15,18,23-24H,6,8-9,12,22H2,1-5H3/t15-,18?/m0/s1. The molecule has 0 saturated carbocycles. The van der Waals surface area contributed by atoms with Crippen LogP contribution >= 0.6 is 0 Å². The van der Waals surface area contributed by atoms with Crippen LogP contribution < -0.4 is 10.5 Å². The Kier molecular flexibility index (Phi) is 6.17. The summed E-state index contributed by atoms with van der Waals surface area (Å²) in [6.45, 7) is 10.6. The first-order chi connectivity index (χ1) is 11.6. The van der Waals surface area contributed by atoms with E-state index in [1.54, 1.807) is 0 Å². The third-order valence-corrected chi connectivity index (χ3v) is 4.81. The zero-order valence-corrected chi connectivity index (χ0v) is 16.2. The fourth-order valence-electron chi connectivity index (χ4n) is 3.42. The molecule has 0 heterocycles. The Bertz CT molecular complexity index is 629. The number of hydrogen-bond acceptors (Lipinski definition) is 4. The van der Waals surface area contributed by atoms with E-state index in [2.05, 4.69) is 32.9 Å². The zero-order valence-electron chi connectivity index (χ0n) is 16.2. The second kappa shape index (κ2) is 7.79. The van der Waals surface area contributed by atoms with Crippen molar-refractivity contribution in [3.63, 3.8) is 0 Å². The van der Waals surface area contributed by atoms with Gasteiger partial charge in [-0.05, 0) is 67.7 Å². The van der Waals surface area contributed by atoms with E-state index in [0.29, 0.717) is 6.42 Å². The van der Waals surface area contributed by atoms with Crippen LogP contribution in [0, 0.1) is 0 Å². The highest BCUT2D eigenvalue weighted by atomic mass is 16.5. The number of phenolic OH excluding ortho intramolecular Hbond substituents is 1. The Hall–Kier alpha value is -1.52. The summed E-state index contributed by atoms with van der Waals surface area (Å²) in [7, 11) is 0. The summed E-state index contributed by atoms with van der Waals surface area (Å²) in [5, 5.41) is 20.9. The molecule has 0 aromatic heterocycles. The maximum Gasteiger partial charge on any atom is 0.127 e. The number of ether oxygens (including phenoxy) is 1. The van der Waals surface area contributed by atoms with Crippen LogP contribution in [-0.4, -0.2) is 29.0 Å². The molecule has 0 spiro atoms. The molecule has 140 valence electrons. The van der Waals surface area contributed by atoms with E-state index in [9.17, 15) is 10.2 Å². The molecular formula is C21H33NO3. The number of allylic oxidation sites excluding steroid dienone is 1. The van der Waals surface area contributed by atoms with Gasteiger partial charge in [-0.25, -0.2) is 0 Å². The Morgan fingerprint density at radius 1 is 1.28 bits per heavy atom. The molecule has 4 N–H and O–H groups in total. The van der Waals surface area contributed by atoms with Crippen LogP contribution in [0.15, 0.2) is 23.8 Å². The van der Waals surface area contributed by atoms with E-state index in [1.807, 2.05) is 19.9 Å². The second-order valence-corrected chi connectivity index (χ2v) is 8.33. The molecule has 0 fully saturated rings. The fourth-order valence-corrected chi connectivity index (χ4v) is 3.42. The van der Waals surface area contributed by atoms with Gasteiger partial charge >= 0.3 is 0 Å². The fraction of sp³-hybridized carbons (Fsp3) is 0.619. The van der Waals surface area contributed by atoms with Crippen molar-refractivity contribution in [2.45, 2.75) is 77.4 Å². The summed E-state index contributed by atoms with van der Waals surface area (Å²) in [6, 6.07) is 3.92. The maximum absolute atomic E-state index is 10.8. The number of aromatic hydroxyl groups is 1. The van der Waals surface area contributed by atoms with Gasteiger partial charge in [0.05, 0.1) is 12.2 Å². The van der Waals surface area contributed by atoms with E-state index >= 15 is 0 Å². The summed E-state index contributed by atoms with van der Waals surface area (Å²) < 4.78 is 6.07. The average molecular weight is 347 g/mol. The molecule has 0 bridgehead atoms. The topological polar surface area (TPSA) is 75.7 Å². The zero-order chi connectivity index (χ0) is 18.8. The highest BCUT2D eigenvalue weighted by Crippen LogP contribution is 2.45. The van der Waals surface area contributed by atoms with Crippen molar-refractivity contribution >= 4 is 0 Å². The van der Waals surface area contributed by atoms with Crippen molar-refractivity contribution in [3.8, 4) is 11.5 Å². The SMILES string of the molecule is CC(C)Oc1cc(C(C)(C)C)cc(O)c1[C@H]1CCC=C(C(O)CN)C1. The third kappa shape index (κ3) is 4.77. The quantitative estimate of drug-likeness (QED) is 0.704. The van der Waals surface area contributed by atoms with Crippen LogP contribution in [-0.2, 0) is 5.41 Å². The number of rotatable bonds is 5. The van der Waals surface area contributed by atoms with Gasteiger partial charge in [0.15, 0.2) is 0 Å². The molecule has 25 heavy (non-hydrogen) atoms. The van der Waals surface area contributed by atoms with Crippen molar-refractivity contribution in [3.05, 3.63) is 34.9 Å². The van der Waals surface area contributed by atoms with Crippen molar-refractivity contribution in [1.29, 1.82) is 0 Å². The Morgan fingerprint density at radius 2 is 1.96 bits per heavy atom. The van der Waals surface area contributed by atoms with Crippen LogP contribution in [0.5, 0.6) is 11.5 Å². The Morgan fingerprint density at radius 3 is 2.52 bits per heavy atom. The second-order valence-electron chi connectivity index (χ2n) is 8.33. The molecule has 1 unspecified atom stereocenters. The number of hydrogen-bond donors (Lipinski definition) is 3. The molecule has 1 aromatic carbocycles. The predicted molar refractivity (Wildman–Crippen MR) is 102 cm³/mol. The van der Waals surface area contributed by atoms with E-state index in [4.69, 9.17) is 10.5 Å². The number of phenols is 1. The highest BCUT2D eigenvalue weighted by molar-refractivity contribution is 5.52. The normalized spacial score (nSPS) is 19.7. The molecule has 1 aliphatic rings. The van der Waals surface area contributed by atoms with Crippen LogP contribution in [0.1, 0.15) is 70.9 Å². The predicted octanol–water partition coefficient (Wildman–Crippen LogP) is 3.99. The molecule has 1 aromatic rings. The minimum absolute atomic E-state index is 0.0293. The summed E-state index contributed by atoms with van der Waals surface area (Å²) in [6.07, 6.45) is 4.01. The van der Waals surface area contributed by atoms with E-state index < -0.39 is 6.10 Å². The van der Waals surface area contributed by atoms with Crippen molar-refractivity contribution in [2.75, 3.05) is 6.54 Å². The minimum atomic E-state index is -0.603. The minimum Gasteiger partial charge on any atom is -0.508 e.